The molecule has 4 fully saturated rings. The van der Waals surface area contributed by atoms with E-state index in [4.69, 9.17) is 14.0 Å². The molecule has 0 aromatic heterocycles. The molecule has 0 saturated heterocycles. The zero-order chi connectivity index (χ0) is 22.7. The first-order chi connectivity index (χ1) is 14.3. The molecule has 170 valence electrons. The number of ether oxygens (including phenoxy) is 2. The van der Waals surface area contributed by atoms with Crippen molar-refractivity contribution in [2.45, 2.75) is 56.3 Å². The highest BCUT2D eigenvalue weighted by atomic mass is 32.2. The summed E-state index contributed by atoms with van der Waals surface area (Å²) in [5.41, 5.74) is 0.00976. The Morgan fingerprint density at radius 2 is 1.71 bits per heavy atom. The van der Waals surface area contributed by atoms with Crippen molar-refractivity contribution in [2.75, 3.05) is 6.61 Å². The van der Waals surface area contributed by atoms with Crippen molar-refractivity contribution in [1.29, 1.82) is 0 Å². The van der Waals surface area contributed by atoms with Crippen molar-refractivity contribution in [3.8, 4) is 0 Å². The largest absolute Gasteiger partial charge is 0.465 e. The van der Waals surface area contributed by atoms with Crippen LogP contribution in [0.3, 0.4) is 0 Å². The summed E-state index contributed by atoms with van der Waals surface area (Å²) in [7, 11) is -5.92. The van der Waals surface area contributed by atoms with Gasteiger partial charge in [-0.15, -0.1) is 0 Å². The van der Waals surface area contributed by atoms with Crippen LogP contribution in [-0.2, 0) is 24.4 Å². The summed E-state index contributed by atoms with van der Waals surface area (Å²) in [5.74, 6) is -2.34. The van der Waals surface area contributed by atoms with Gasteiger partial charge in [-0.3, -0.25) is 4.55 Å². The number of hydrogen-bond acceptors (Lipinski definition) is 6. The van der Waals surface area contributed by atoms with Crippen LogP contribution in [0.25, 0.3) is 0 Å². The Bertz CT molecular complexity index is 989. The van der Waals surface area contributed by atoms with Crippen LogP contribution in [0.4, 0.5) is 8.78 Å². The lowest BCUT2D eigenvalue weighted by molar-refractivity contribution is -0.194. The van der Waals surface area contributed by atoms with Crippen LogP contribution in [0.1, 0.15) is 54.4 Å². The molecule has 4 aliphatic carbocycles. The predicted molar refractivity (Wildman–Crippen MR) is 104 cm³/mol. The molecule has 0 amide bonds. The molecular formula is C21H24F2O7S. The smallest absolute Gasteiger partial charge is 0.460 e. The highest BCUT2D eigenvalue weighted by Gasteiger charge is 2.61. The van der Waals surface area contributed by atoms with Gasteiger partial charge in [-0.1, -0.05) is 17.7 Å². The van der Waals surface area contributed by atoms with Crippen LogP contribution in [0.2, 0.25) is 0 Å². The first kappa shape index (κ1) is 22.1. The maximum absolute atomic E-state index is 13.6. The molecule has 7 nitrogen and oxygen atoms in total. The average molecular weight is 458 g/mol. The maximum atomic E-state index is 13.6. The Morgan fingerprint density at radius 3 is 2.26 bits per heavy atom. The standard InChI is InChI=1S/C21H24F2O7S/c1-13-2-4-16(5-3-13)17(24)30-20-9-14-6-15(10-20)8-19(7-14,11-20)12-29-18(25)21(22,23)31(26,27)28/h2-5,14-15H,6-12H2,1H3,(H,26,27,28). The van der Waals surface area contributed by atoms with Crippen molar-refractivity contribution in [1.82, 2.24) is 0 Å². The van der Waals surface area contributed by atoms with E-state index >= 15 is 0 Å². The van der Waals surface area contributed by atoms with Gasteiger partial charge < -0.3 is 9.47 Å². The number of hydrogen-bond donors (Lipinski definition) is 1. The monoisotopic (exact) mass is 458 g/mol. The molecule has 0 radical (unpaired) electrons. The fourth-order valence-electron chi connectivity index (χ4n) is 6.01. The molecule has 5 rings (SSSR count). The van der Waals surface area contributed by atoms with Gasteiger partial charge in [0.1, 0.15) is 5.60 Å². The van der Waals surface area contributed by atoms with E-state index in [0.29, 0.717) is 37.7 Å². The highest BCUT2D eigenvalue weighted by molar-refractivity contribution is 7.87. The minimum atomic E-state index is -5.92. The van der Waals surface area contributed by atoms with E-state index < -0.39 is 44.9 Å². The third-order valence-corrected chi connectivity index (χ3v) is 7.61. The third-order valence-electron chi connectivity index (χ3n) is 6.80. The van der Waals surface area contributed by atoms with Crippen LogP contribution in [0, 0.1) is 24.2 Å². The summed E-state index contributed by atoms with van der Waals surface area (Å²) in [6.45, 7) is 1.50. The van der Waals surface area contributed by atoms with Gasteiger partial charge in [0.15, 0.2) is 0 Å². The summed E-state index contributed by atoms with van der Waals surface area (Å²) < 4.78 is 68.0. The number of alkyl halides is 2. The molecule has 31 heavy (non-hydrogen) atoms. The van der Waals surface area contributed by atoms with Gasteiger partial charge in [-0.05, 0) is 69.4 Å². The normalized spacial score (nSPS) is 32.0. The highest BCUT2D eigenvalue weighted by Crippen LogP contribution is 2.63. The number of carbonyl (C=O) groups excluding carboxylic acids is 2. The van der Waals surface area contributed by atoms with Gasteiger partial charge in [0.2, 0.25) is 0 Å². The molecule has 0 heterocycles. The van der Waals surface area contributed by atoms with E-state index in [0.717, 1.165) is 12.0 Å². The summed E-state index contributed by atoms with van der Waals surface area (Å²) in [6, 6.07) is 7.00. The number of carbonyl (C=O) groups is 2. The van der Waals surface area contributed by atoms with Gasteiger partial charge in [0.05, 0.1) is 12.2 Å². The topological polar surface area (TPSA) is 107 Å². The number of esters is 2. The summed E-state index contributed by atoms with van der Waals surface area (Å²) in [6.07, 6.45) is 3.86. The Kier molecular flexibility index (Phi) is 5.16. The van der Waals surface area contributed by atoms with Gasteiger partial charge >= 0.3 is 27.3 Å². The first-order valence-corrected chi connectivity index (χ1v) is 11.6. The number of halogens is 2. The zero-order valence-electron chi connectivity index (χ0n) is 17.0. The van der Waals surface area contributed by atoms with Crippen molar-refractivity contribution in [3.63, 3.8) is 0 Å². The minimum absolute atomic E-state index is 0.202. The van der Waals surface area contributed by atoms with Crippen molar-refractivity contribution in [3.05, 3.63) is 35.4 Å². The summed E-state index contributed by atoms with van der Waals surface area (Å²) >= 11 is 0. The first-order valence-electron chi connectivity index (χ1n) is 10.2. The second-order valence-electron chi connectivity index (χ2n) is 9.47. The molecule has 4 saturated carbocycles. The summed E-state index contributed by atoms with van der Waals surface area (Å²) in [5, 5.41) is -5.02. The predicted octanol–water partition coefficient (Wildman–Crippen LogP) is 3.51. The number of benzene rings is 1. The Labute approximate surface area is 178 Å². The van der Waals surface area contributed by atoms with Crippen LogP contribution in [-0.4, -0.2) is 42.4 Å². The quantitative estimate of drug-likeness (QED) is 0.513. The van der Waals surface area contributed by atoms with Crippen LogP contribution < -0.4 is 0 Å². The van der Waals surface area contributed by atoms with Gasteiger partial charge in [0.25, 0.3) is 0 Å². The Morgan fingerprint density at radius 1 is 1.13 bits per heavy atom. The minimum Gasteiger partial charge on any atom is -0.460 e. The number of rotatable bonds is 6. The van der Waals surface area contributed by atoms with E-state index in [1.165, 1.54) is 0 Å². The SMILES string of the molecule is Cc1ccc(C(=O)OC23CC4CC(CC(COC(=O)C(F)(F)S(=O)(=O)O)(C4)C2)C3)cc1. The summed E-state index contributed by atoms with van der Waals surface area (Å²) in [4.78, 5) is 24.4. The van der Waals surface area contributed by atoms with E-state index in [2.05, 4.69) is 0 Å². The molecule has 0 spiro atoms. The molecule has 4 aliphatic rings. The molecule has 10 heteroatoms. The van der Waals surface area contributed by atoms with Crippen molar-refractivity contribution < 1.29 is 40.8 Å². The fourth-order valence-corrected chi connectivity index (χ4v) is 6.28. The maximum Gasteiger partial charge on any atom is 0.465 e. The lowest BCUT2D eigenvalue weighted by Crippen LogP contribution is -2.59. The van der Waals surface area contributed by atoms with Gasteiger partial charge in [-0.25, -0.2) is 9.59 Å². The van der Waals surface area contributed by atoms with E-state index in [-0.39, 0.29) is 11.8 Å². The molecule has 2 atom stereocenters. The molecule has 2 unspecified atom stereocenters. The number of aryl methyl sites for hydroxylation is 1. The zero-order valence-corrected chi connectivity index (χ0v) is 17.8. The van der Waals surface area contributed by atoms with E-state index in [9.17, 15) is 26.8 Å². The third kappa shape index (κ3) is 4.07. The molecule has 0 aliphatic heterocycles. The second-order valence-corrected chi connectivity index (χ2v) is 10.9. The lowest BCUT2D eigenvalue weighted by atomic mass is 9.48. The lowest BCUT2D eigenvalue weighted by Gasteiger charge is -2.60. The second kappa shape index (κ2) is 7.23. The Hall–Kier alpha value is -2.07. The Balaban J connectivity index is 1.50. The van der Waals surface area contributed by atoms with E-state index in [1.807, 2.05) is 19.1 Å². The average Bonchev–Trinajstić information content (AvgIpc) is 2.64. The van der Waals surface area contributed by atoms with Crippen molar-refractivity contribution in [2.24, 2.45) is 17.3 Å². The van der Waals surface area contributed by atoms with Crippen LogP contribution in [0.15, 0.2) is 24.3 Å². The molecule has 1 aromatic rings. The van der Waals surface area contributed by atoms with Gasteiger partial charge in [-0.2, -0.15) is 17.2 Å². The van der Waals surface area contributed by atoms with Crippen LogP contribution in [0.5, 0.6) is 0 Å². The van der Waals surface area contributed by atoms with Crippen LogP contribution >= 0.6 is 0 Å². The van der Waals surface area contributed by atoms with E-state index in [1.54, 1.807) is 12.1 Å². The van der Waals surface area contributed by atoms with Gasteiger partial charge in [0, 0.05) is 5.41 Å². The molecule has 4 bridgehead atoms. The molecular weight excluding hydrogens is 434 g/mol. The van der Waals surface area contributed by atoms with Crippen molar-refractivity contribution >= 4 is 22.1 Å². The molecule has 1 N–H and O–H groups in total. The molecule has 1 aromatic carbocycles. The fraction of sp³-hybridized carbons (Fsp3) is 0.619.